The van der Waals surface area contributed by atoms with Crippen LogP contribution in [0.1, 0.15) is 15.9 Å². The number of carboxylic acids is 1. The second-order valence-corrected chi connectivity index (χ2v) is 5.37. The minimum absolute atomic E-state index is 0.222. The Labute approximate surface area is 86.9 Å². The summed E-state index contributed by atoms with van der Waals surface area (Å²) in [6.07, 6.45) is 1.06. The molecule has 0 atom stereocenters. The molecule has 82 valence electrons. The number of rotatable bonds is 3. The average molecular weight is 230 g/mol. The van der Waals surface area contributed by atoms with E-state index >= 15 is 0 Å². The predicted octanol–water partition coefficient (Wildman–Crippen LogP) is 0.635. The third-order valence-electron chi connectivity index (χ3n) is 1.72. The van der Waals surface area contributed by atoms with Crippen LogP contribution in [0.25, 0.3) is 0 Å². The molecule has 0 unspecified atom stereocenters. The summed E-state index contributed by atoms with van der Waals surface area (Å²) in [5, 5.41) is 17.9. The van der Waals surface area contributed by atoms with Crippen molar-refractivity contribution in [1.82, 2.24) is 0 Å². The van der Waals surface area contributed by atoms with Gasteiger partial charge in [0, 0.05) is 6.26 Å². The van der Waals surface area contributed by atoms with Gasteiger partial charge in [-0.25, -0.2) is 13.2 Å². The van der Waals surface area contributed by atoms with Crippen LogP contribution >= 0.6 is 0 Å². The number of phenols is 1. The van der Waals surface area contributed by atoms with E-state index in [1.165, 1.54) is 12.1 Å². The number of aromatic hydroxyl groups is 1. The molecule has 0 spiro atoms. The maximum atomic E-state index is 10.9. The Morgan fingerprint density at radius 2 is 2.00 bits per heavy atom. The van der Waals surface area contributed by atoms with Gasteiger partial charge in [0.25, 0.3) is 0 Å². The van der Waals surface area contributed by atoms with E-state index in [4.69, 9.17) is 5.11 Å². The maximum absolute atomic E-state index is 10.9. The van der Waals surface area contributed by atoms with Crippen LogP contribution in [0, 0.1) is 0 Å². The first-order valence-corrected chi connectivity index (χ1v) is 6.08. The molecule has 0 fully saturated rings. The number of hydrogen-bond acceptors (Lipinski definition) is 4. The van der Waals surface area contributed by atoms with Crippen LogP contribution in [0.3, 0.4) is 0 Å². The average Bonchev–Trinajstić information content (AvgIpc) is 1.99. The molecule has 0 heterocycles. The van der Waals surface area contributed by atoms with E-state index in [1.54, 1.807) is 0 Å². The van der Waals surface area contributed by atoms with Crippen molar-refractivity contribution < 1.29 is 23.4 Å². The van der Waals surface area contributed by atoms with Gasteiger partial charge in [-0.15, -0.1) is 0 Å². The zero-order valence-electron chi connectivity index (χ0n) is 7.97. The van der Waals surface area contributed by atoms with Crippen molar-refractivity contribution in [2.45, 2.75) is 5.75 Å². The van der Waals surface area contributed by atoms with Crippen LogP contribution in [0.4, 0.5) is 0 Å². The summed E-state index contributed by atoms with van der Waals surface area (Å²) >= 11 is 0. The minimum atomic E-state index is -3.19. The number of benzene rings is 1. The molecule has 5 nitrogen and oxygen atoms in total. The quantitative estimate of drug-likeness (QED) is 0.794. The van der Waals surface area contributed by atoms with Gasteiger partial charge in [0.1, 0.15) is 11.3 Å². The molecule has 2 N–H and O–H groups in total. The molecule has 6 heteroatoms. The Hall–Kier alpha value is -1.56. The highest BCUT2D eigenvalue weighted by Crippen LogP contribution is 2.19. The zero-order chi connectivity index (χ0) is 11.6. The van der Waals surface area contributed by atoms with Crippen LogP contribution in [0.5, 0.6) is 5.75 Å². The first-order chi connectivity index (χ1) is 6.79. The van der Waals surface area contributed by atoms with E-state index in [-0.39, 0.29) is 11.3 Å². The lowest BCUT2D eigenvalue weighted by molar-refractivity contribution is 0.0693. The topological polar surface area (TPSA) is 91.7 Å². The van der Waals surface area contributed by atoms with Crippen molar-refractivity contribution >= 4 is 15.8 Å². The number of sulfone groups is 1. The molecule has 15 heavy (non-hydrogen) atoms. The highest BCUT2D eigenvalue weighted by atomic mass is 32.2. The number of aromatic carboxylic acids is 1. The van der Waals surface area contributed by atoms with E-state index in [1.807, 2.05) is 0 Å². The van der Waals surface area contributed by atoms with Crippen molar-refractivity contribution in [3.63, 3.8) is 0 Å². The van der Waals surface area contributed by atoms with Gasteiger partial charge in [0.15, 0.2) is 9.84 Å². The van der Waals surface area contributed by atoms with Crippen LogP contribution in [-0.4, -0.2) is 30.9 Å². The largest absolute Gasteiger partial charge is 0.507 e. The van der Waals surface area contributed by atoms with E-state index in [0.29, 0.717) is 5.56 Å². The highest BCUT2D eigenvalue weighted by molar-refractivity contribution is 7.89. The van der Waals surface area contributed by atoms with Gasteiger partial charge >= 0.3 is 5.97 Å². The maximum Gasteiger partial charge on any atom is 0.339 e. The van der Waals surface area contributed by atoms with Gasteiger partial charge in [-0.3, -0.25) is 0 Å². The molecule has 1 aromatic rings. The molecule has 1 rings (SSSR count). The molecular formula is C9H10O5S. The van der Waals surface area contributed by atoms with Crippen molar-refractivity contribution in [3.05, 3.63) is 29.3 Å². The lowest BCUT2D eigenvalue weighted by Crippen LogP contribution is -2.02. The number of carbonyl (C=O) groups is 1. The lowest BCUT2D eigenvalue weighted by Gasteiger charge is -2.03. The zero-order valence-corrected chi connectivity index (χ0v) is 8.78. The molecule has 0 saturated carbocycles. The van der Waals surface area contributed by atoms with Crippen molar-refractivity contribution in [1.29, 1.82) is 0 Å². The summed E-state index contributed by atoms with van der Waals surface area (Å²) in [5.74, 6) is -1.90. The molecule has 0 aliphatic heterocycles. The third kappa shape index (κ3) is 3.25. The molecule has 0 aliphatic carbocycles. The van der Waals surface area contributed by atoms with E-state index in [9.17, 15) is 18.3 Å². The summed E-state index contributed by atoms with van der Waals surface area (Å²) in [6.45, 7) is 0. The van der Waals surface area contributed by atoms with E-state index < -0.39 is 21.6 Å². The number of hydrogen-bond donors (Lipinski definition) is 2. The fourth-order valence-corrected chi connectivity index (χ4v) is 1.94. The van der Waals surface area contributed by atoms with Gasteiger partial charge < -0.3 is 10.2 Å². The summed E-state index contributed by atoms with van der Waals surface area (Å²) in [5.41, 5.74) is 0.118. The standard InChI is InChI=1S/C9H10O5S/c1-15(13,14)5-6-2-3-7(9(11)12)8(10)4-6/h2-4,10H,5H2,1H3,(H,11,12). The van der Waals surface area contributed by atoms with Gasteiger partial charge in [0.05, 0.1) is 5.75 Å². The highest BCUT2D eigenvalue weighted by Gasteiger charge is 2.11. The van der Waals surface area contributed by atoms with Gasteiger partial charge in [-0.05, 0) is 17.7 Å². The molecule has 0 saturated heterocycles. The third-order valence-corrected chi connectivity index (χ3v) is 2.58. The number of carboxylic acid groups (broad SMARTS) is 1. The first-order valence-electron chi connectivity index (χ1n) is 4.02. The Morgan fingerprint density at radius 3 is 2.40 bits per heavy atom. The van der Waals surface area contributed by atoms with Crippen LogP contribution < -0.4 is 0 Å². The summed E-state index contributed by atoms with van der Waals surface area (Å²) in [7, 11) is -3.19. The Bertz CT molecular complexity index is 489. The van der Waals surface area contributed by atoms with Crippen LogP contribution in [0.2, 0.25) is 0 Å². The summed E-state index contributed by atoms with van der Waals surface area (Å²) in [4.78, 5) is 10.5. The molecule has 0 amide bonds. The Balaban J connectivity index is 3.07. The molecular weight excluding hydrogens is 220 g/mol. The van der Waals surface area contributed by atoms with Crippen molar-refractivity contribution in [3.8, 4) is 5.75 Å². The predicted molar refractivity (Wildman–Crippen MR) is 53.6 cm³/mol. The molecule has 1 aromatic carbocycles. The van der Waals surface area contributed by atoms with Crippen LogP contribution in [-0.2, 0) is 15.6 Å². The monoisotopic (exact) mass is 230 g/mol. The summed E-state index contributed by atoms with van der Waals surface area (Å²) < 4.78 is 21.9. The van der Waals surface area contributed by atoms with E-state index in [2.05, 4.69) is 0 Å². The SMILES string of the molecule is CS(=O)(=O)Cc1ccc(C(=O)O)c(O)c1. The Morgan fingerprint density at radius 1 is 1.40 bits per heavy atom. The smallest absolute Gasteiger partial charge is 0.339 e. The second kappa shape index (κ2) is 3.90. The van der Waals surface area contributed by atoms with Gasteiger partial charge in [-0.2, -0.15) is 0 Å². The van der Waals surface area contributed by atoms with Gasteiger partial charge in [0.2, 0.25) is 0 Å². The first kappa shape index (κ1) is 11.5. The van der Waals surface area contributed by atoms with E-state index in [0.717, 1.165) is 12.3 Å². The van der Waals surface area contributed by atoms with Crippen molar-refractivity contribution in [2.24, 2.45) is 0 Å². The fraction of sp³-hybridized carbons (Fsp3) is 0.222. The fourth-order valence-electron chi connectivity index (χ4n) is 1.15. The second-order valence-electron chi connectivity index (χ2n) is 3.23. The minimum Gasteiger partial charge on any atom is -0.507 e. The molecule has 0 radical (unpaired) electrons. The molecule has 0 aromatic heterocycles. The van der Waals surface area contributed by atoms with Crippen LogP contribution in [0.15, 0.2) is 18.2 Å². The van der Waals surface area contributed by atoms with Crippen molar-refractivity contribution in [2.75, 3.05) is 6.26 Å². The van der Waals surface area contributed by atoms with Gasteiger partial charge in [-0.1, -0.05) is 6.07 Å². The summed E-state index contributed by atoms with van der Waals surface area (Å²) in [6, 6.07) is 3.69. The Kier molecular flexibility index (Phi) is 2.99. The molecule has 0 bridgehead atoms. The molecule has 0 aliphatic rings. The lowest BCUT2D eigenvalue weighted by atomic mass is 10.1. The normalized spacial score (nSPS) is 11.3.